The first kappa shape index (κ1) is 32.7. The third kappa shape index (κ3) is 8.23. The standard InChI is InChI=1S/C32H33BrClN3O7/c1-6-40-27-15-22(29(33)30(34)31(27)42-18-28(38)43-19(2)3)16-35-36-32(39)26-14-13-25(44-26)17-41-24-11-9-23(10-12-24)37-20(4)7-8-21(37)5/h7-16,19H,6,17-18H2,1-5H3,(H,36,39)/b35-16+. The lowest BCUT2D eigenvalue weighted by Crippen LogP contribution is -2.19. The van der Waals surface area contributed by atoms with E-state index in [9.17, 15) is 9.59 Å². The molecule has 0 aliphatic carbocycles. The molecule has 0 saturated carbocycles. The van der Waals surface area contributed by atoms with Gasteiger partial charge in [0.1, 0.15) is 23.1 Å². The minimum Gasteiger partial charge on any atom is -0.490 e. The second kappa shape index (κ2) is 15.0. The Bertz CT molecular complexity index is 1620. The number of aromatic nitrogens is 1. The van der Waals surface area contributed by atoms with Crippen molar-refractivity contribution in [2.24, 2.45) is 5.10 Å². The summed E-state index contributed by atoms with van der Waals surface area (Å²) in [7, 11) is 0. The van der Waals surface area contributed by atoms with Crippen molar-refractivity contribution in [3.8, 4) is 22.9 Å². The zero-order chi connectivity index (χ0) is 31.8. The van der Waals surface area contributed by atoms with Crippen LogP contribution in [-0.4, -0.2) is 42.0 Å². The zero-order valence-electron chi connectivity index (χ0n) is 25.0. The monoisotopic (exact) mass is 685 g/mol. The lowest BCUT2D eigenvalue weighted by atomic mass is 10.2. The number of halogens is 2. The molecule has 0 spiro atoms. The van der Waals surface area contributed by atoms with Gasteiger partial charge in [-0.1, -0.05) is 11.6 Å². The summed E-state index contributed by atoms with van der Waals surface area (Å²) in [5.41, 5.74) is 6.28. The molecule has 232 valence electrons. The van der Waals surface area contributed by atoms with Crippen LogP contribution in [0.2, 0.25) is 5.02 Å². The van der Waals surface area contributed by atoms with E-state index in [4.69, 9.17) is 35.0 Å². The molecule has 1 amide bonds. The van der Waals surface area contributed by atoms with E-state index < -0.39 is 11.9 Å². The average Bonchev–Trinajstić information content (AvgIpc) is 3.60. The quantitative estimate of drug-likeness (QED) is 0.0901. The van der Waals surface area contributed by atoms with Crippen molar-refractivity contribution in [2.75, 3.05) is 13.2 Å². The number of furan rings is 1. The molecule has 0 unspecified atom stereocenters. The van der Waals surface area contributed by atoms with Crippen LogP contribution in [0.5, 0.6) is 17.2 Å². The van der Waals surface area contributed by atoms with Crippen molar-refractivity contribution < 1.29 is 33.0 Å². The van der Waals surface area contributed by atoms with Crippen LogP contribution in [-0.2, 0) is 16.1 Å². The fourth-order valence-corrected chi connectivity index (χ4v) is 4.89. The number of hydrazone groups is 1. The molecule has 2 heterocycles. The van der Waals surface area contributed by atoms with Crippen molar-refractivity contribution in [3.63, 3.8) is 0 Å². The fraction of sp³-hybridized carbons (Fsp3) is 0.281. The lowest BCUT2D eigenvalue weighted by molar-refractivity contribution is -0.149. The van der Waals surface area contributed by atoms with E-state index in [1.165, 1.54) is 6.21 Å². The van der Waals surface area contributed by atoms with Gasteiger partial charge >= 0.3 is 11.9 Å². The van der Waals surface area contributed by atoms with Crippen LogP contribution in [0.1, 0.15) is 54.0 Å². The number of hydrogen-bond acceptors (Lipinski definition) is 8. The molecular formula is C32H33BrClN3O7. The maximum atomic E-state index is 12.6. The van der Waals surface area contributed by atoms with Crippen LogP contribution in [0.3, 0.4) is 0 Å². The predicted octanol–water partition coefficient (Wildman–Crippen LogP) is 7.18. The van der Waals surface area contributed by atoms with Crippen LogP contribution in [0.15, 0.2) is 68.6 Å². The molecule has 0 bridgehead atoms. The molecule has 0 saturated heterocycles. The lowest BCUT2D eigenvalue weighted by Gasteiger charge is -2.16. The number of ether oxygens (including phenoxy) is 4. The molecule has 44 heavy (non-hydrogen) atoms. The normalized spacial score (nSPS) is 11.2. The number of amides is 1. The third-order valence-electron chi connectivity index (χ3n) is 6.16. The topological polar surface area (TPSA) is 114 Å². The Hall–Kier alpha value is -4.22. The first-order valence-electron chi connectivity index (χ1n) is 13.8. The summed E-state index contributed by atoms with van der Waals surface area (Å²) in [6, 6.07) is 16.7. The van der Waals surface area contributed by atoms with Gasteiger partial charge in [-0.05, 0) is 105 Å². The van der Waals surface area contributed by atoms with Crippen LogP contribution in [0.4, 0.5) is 0 Å². The highest BCUT2D eigenvalue weighted by Crippen LogP contribution is 2.42. The van der Waals surface area contributed by atoms with Gasteiger partial charge < -0.3 is 27.9 Å². The zero-order valence-corrected chi connectivity index (χ0v) is 27.3. The molecule has 0 atom stereocenters. The first-order valence-corrected chi connectivity index (χ1v) is 15.0. The highest BCUT2D eigenvalue weighted by Gasteiger charge is 2.19. The van der Waals surface area contributed by atoms with Gasteiger partial charge in [-0.3, -0.25) is 4.79 Å². The van der Waals surface area contributed by atoms with Crippen LogP contribution < -0.4 is 19.6 Å². The van der Waals surface area contributed by atoms with E-state index in [1.54, 1.807) is 39.0 Å². The van der Waals surface area contributed by atoms with Gasteiger partial charge in [0.15, 0.2) is 23.9 Å². The largest absolute Gasteiger partial charge is 0.490 e. The Morgan fingerprint density at radius 2 is 1.75 bits per heavy atom. The summed E-state index contributed by atoms with van der Waals surface area (Å²) in [6.07, 6.45) is 1.11. The minimum atomic E-state index is -0.551. The molecule has 0 fully saturated rings. The number of benzene rings is 2. The van der Waals surface area contributed by atoms with Gasteiger partial charge in [-0.2, -0.15) is 5.10 Å². The Morgan fingerprint density at radius 3 is 2.41 bits per heavy atom. The van der Waals surface area contributed by atoms with Crippen molar-refractivity contribution >= 4 is 45.6 Å². The van der Waals surface area contributed by atoms with E-state index in [-0.39, 0.29) is 35.9 Å². The number of esters is 1. The summed E-state index contributed by atoms with van der Waals surface area (Å²) in [5.74, 6) is 0.600. The third-order valence-corrected chi connectivity index (χ3v) is 7.60. The highest BCUT2D eigenvalue weighted by atomic mass is 79.9. The molecule has 1 N–H and O–H groups in total. The van der Waals surface area contributed by atoms with Crippen LogP contribution in [0.25, 0.3) is 5.69 Å². The molecular weight excluding hydrogens is 654 g/mol. The Balaban J connectivity index is 1.35. The van der Waals surface area contributed by atoms with E-state index >= 15 is 0 Å². The van der Waals surface area contributed by atoms with Crippen LogP contribution in [0, 0.1) is 13.8 Å². The van der Waals surface area contributed by atoms with Crippen molar-refractivity contribution in [1.82, 2.24) is 9.99 Å². The van der Waals surface area contributed by atoms with Crippen molar-refractivity contribution in [2.45, 2.75) is 47.3 Å². The van der Waals surface area contributed by atoms with Gasteiger partial charge in [-0.25, -0.2) is 10.2 Å². The number of nitrogens with zero attached hydrogens (tertiary/aromatic N) is 2. The van der Waals surface area contributed by atoms with Crippen molar-refractivity contribution in [3.05, 3.63) is 92.6 Å². The molecule has 10 nitrogen and oxygen atoms in total. The first-order chi connectivity index (χ1) is 21.1. The molecule has 0 aliphatic rings. The number of rotatable bonds is 13. The molecule has 4 aromatic rings. The summed E-state index contributed by atoms with van der Waals surface area (Å²) in [4.78, 5) is 24.6. The Morgan fingerprint density at radius 1 is 1.05 bits per heavy atom. The summed E-state index contributed by atoms with van der Waals surface area (Å²) in [6.45, 7) is 9.53. The second-order valence-electron chi connectivity index (χ2n) is 9.88. The van der Waals surface area contributed by atoms with E-state index in [1.807, 2.05) is 24.3 Å². The Kier molecular flexibility index (Phi) is 11.1. The maximum Gasteiger partial charge on any atom is 0.344 e. The van der Waals surface area contributed by atoms with E-state index in [0.717, 1.165) is 17.1 Å². The molecule has 2 aromatic carbocycles. The summed E-state index contributed by atoms with van der Waals surface area (Å²) >= 11 is 9.92. The second-order valence-corrected chi connectivity index (χ2v) is 11.1. The highest BCUT2D eigenvalue weighted by molar-refractivity contribution is 9.10. The number of aryl methyl sites for hydroxylation is 2. The molecule has 2 aromatic heterocycles. The average molecular weight is 687 g/mol. The predicted molar refractivity (Wildman–Crippen MR) is 170 cm³/mol. The van der Waals surface area contributed by atoms with Crippen molar-refractivity contribution in [1.29, 1.82) is 0 Å². The van der Waals surface area contributed by atoms with E-state index in [0.29, 0.717) is 33.9 Å². The number of carbonyl (C=O) groups excluding carboxylic acids is 2. The summed E-state index contributed by atoms with van der Waals surface area (Å²) < 4.78 is 30.4. The van der Waals surface area contributed by atoms with Gasteiger partial charge in [0, 0.05) is 27.1 Å². The van der Waals surface area contributed by atoms with Gasteiger partial charge in [0.05, 0.1) is 18.9 Å². The SMILES string of the molecule is CCOc1cc(/C=N/NC(=O)c2ccc(COc3ccc(-n4c(C)ccc4C)cc3)o2)c(Br)c(Cl)c1OCC(=O)OC(C)C. The molecule has 0 aliphatic heterocycles. The number of carbonyl (C=O) groups is 2. The minimum absolute atomic E-state index is 0.0683. The fourth-order valence-electron chi connectivity index (χ4n) is 4.24. The smallest absolute Gasteiger partial charge is 0.344 e. The van der Waals surface area contributed by atoms with E-state index in [2.05, 4.69) is 57.0 Å². The van der Waals surface area contributed by atoms with Gasteiger partial charge in [-0.15, -0.1) is 0 Å². The number of nitrogens with one attached hydrogen (secondary N) is 1. The summed E-state index contributed by atoms with van der Waals surface area (Å²) in [5, 5.41) is 4.19. The molecule has 12 heteroatoms. The molecule has 0 radical (unpaired) electrons. The Labute approximate surface area is 269 Å². The molecule has 4 rings (SSSR count). The van der Waals surface area contributed by atoms with Gasteiger partial charge in [0.2, 0.25) is 0 Å². The number of hydrogen-bond donors (Lipinski definition) is 1. The van der Waals surface area contributed by atoms with Gasteiger partial charge in [0.25, 0.3) is 0 Å². The maximum absolute atomic E-state index is 12.6. The van der Waals surface area contributed by atoms with Crippen LogP contribution >= 0.6 is 27.5 Å².